The Bertz CT molecular complexity index is 193. The number of fused-ring (bicyclic) bond motifs is 2. The Labute approximate surface area is 79.0 Å². The highest BCUT2D eigenvalue weighted by Gasteiger charge is 2.33. The molecule has 2 aliphatic rings. The molecule has 0 spiro atoms. The van der Waals surface area contributed by atoms with E-state index in [1.165, 1.54) is 12.8 Å². The summed E-state index contributed by atoms with van der Waals surface area (Å²) in [7, 11) is 0. The summed E-state index contributed by atoms with van der Waals surface area (Å²) < 4.78 is 5.69. The maximum Gasteiger partial charge on any atom is 0.146 e. The first-order valence-corrected chi connectivity index (χ1v) is 5.17. The standard InChI is InChI=1S/C10H17NO2/c1-2-8(12)5-11-6-9-3-4-10(7-11)13-9/h9-10H,2-7H2,1H3. The van der Waals surface area contributed by atoms with Crippen molar-refractivity contribution in [2.45, 2.75) is 38.4 Å². The van der Waals surface area contributed by atoms with Gasteiger partial charge in [-0.1, -0.05) is 6.92 Å². The number of nitrogens with zero attached hydrogens (tertiary/aromatic N) is 1. The SMILES string of the molecule is CCC(=O)CN1CC2CCC(C1)O2. The maximum absolute atomic E-state index is 11.2. The highest BCUT2D eigenvalue weighted by molar-refractivity contribution is 5.80. The fourth-order valence-electron chi connectivity index (χ4n) is 2.19. The number of morpholine rings is 1. The summed E-state index contributed by atoms with van der Waals surface area (Å²) in [5.41, 5.74) is 0. The number of hydrogen-bond donors (Lipinski definition) is 0. The van der Waals surface area contributed by atoms with E-state index in [0.717, 1.165) is 13.1 Å². The Morgan fingerprint density at radius 2 is 2.00 bits per heavy atom. The van der Waals surface area contributed by atoms with Crippen LogP contribution in [0.3, 0.4) is 0 Å². The molecule has 13 heavy (non-hydrogen) atoms. The zero-order valence-electron chi connectivity index (χ0n) is 8.16. The molecule has 0 aromatic rings. The molecule has 74 valence electrons. The lowest BCUT2D eigenvalue weighted by molar-refractivity contribution is -0.122. The second-order valence-electron chi connectivity index (χ2n) is 4.04. The summed E-state index contributed by atoms with van der Waals surface area (Å²) in [5.74, 6) is 0.348. The van der Waals surface area contributed by atoms with Crippen molar-refractivity contribution in [1.82, 2.24) is 4.90 Å². The van der Waals surface area contributed by atoms with Crippen LogP contribution in [0.25, 0.3) is 0 Å². The molecule has 0 amide bonds. The lowest BCUT2D eigenvalue weighted by Gasteiger charge is -2.31. The van der Waals surface area contributed by atoms with Gasteiger partial charge in [-0.15, -0.1) is 0 Å². The van der Waals surface area contributed by atoms with Crippen LogP contribution in [-0.2, 0) is 9.53 Å². The largest absolute Gasteiger partial charge is 0.372 e. The van der Waals surface area contributed by atoms with Gasteiger partial charge >= 0.3 is 0 Å². The number of ketones is 1. The van der Waals surface area contributed by atoms with Gasteiger partial charge in [0.1, 0.15) is 5.78 Å². The molecular weight excluding hydrogens is 166 g/mol. The second-order valence-corrected chi connectivity index (χ2v) is 4.04. The smallest absolute Gasteiger partial charge is 0.146 e. The van der Waals surface area contributed by atoms with Crippen molar-refractivity contribution in [2.75, 3.05) is 19.6 Å². The molecule has 0 radical (unpaired) electrons. The van der Waals surface area contributed by atoms with E-state index in [4.69, 9.17) is 4.74 Å². The lowest BCUT2D eigenvalue weighted by atomic mass is 10.2. The van der Waals surface area contributed by atoms with Crippen molar-refractivity contribution < 1.29 is 9.53 Å². The van der Waals surface area contributed by atoms with E-state index >= 15 is 0 Å². The van der Waals surface area contributed by atoms with Gasteiger partial charge < -0.3 is 4.74 Å². The first kappa shape index (κ1) is 9.16. The number of rotatable bonds is 3. The number of likely N-dealkylation sites (tertiary alicyclic amines) is 1. The quantitative estimate of drug-likeness (QED) is 0.649. The van der Waals surface area contributed by atoms with Gasteiger partial charge in [0.05, 0.1) is 18.8 Å². The molecule has 0 N–H and O–H groups in total. The van der Waals surface area contributed by atoms with Crippen LogP contribution < -0.4 is 0 Å². The molecule has 2 saturated heterocycles. The predicted molar refractivity (Wildman–Crippen MR) is 49.6 cm³/mol. The molecule has 2 aliphatic heterocycles. The summed E-state index contributed by atoms with van der Waals surface area (Å²) >= 11 is 0. The third-order valence-electron chi connectivity index (χ3n) is 2.91. The van der Waals surface area contributed by atoms with E-state index in [1.54, 1.807) is 0 Å². The van der Waals surface area contributed by atoms with Gasteiger partial charge in [0.25, 0.3) is 0 Å². The first-order valence-electron chi connectivity index (χ1n) is 5.17. The minimum absolute atomic E-state index is 0.348. The average molecular weight is 183 g/mol. The van der Waals surface area contributed by atoms with Gasteiger partial charge in [0.15, 0.2) is 0 Å². The molecule has 0 aromatic carbocycles. The molecule has 2 bridgehead atoms. The van der Waals surface area contributed by atoms with Gasteiger partial charge in [0.2, 0.25) is 0 Å². The summed E-state index contributed by atoms with van der Waals surface area (Å²) in [6, 6.07) is 0. The highest BCUT2D eigenvalue weighted by atomic mass is 16.5. The van der Waals surface area contributed by atoms with Crippen LogP contribution in [0.1, 0.15) is 26.2 Å². The van der Waals surface area contributed by atoms with Crippen molar-refractivity contribution in [3.63, 3.8) is 0 Å². The van der Waals surface area contributed by atoms with E-state index in [9.17, 15) is 4.79 Å². The van der Waals surface area contributed by atoms with Crippen LogP contribution in [0.5, 0.6) is 0 Å². The van der Waals surface area contributed by atoms with Crippen molar-refractivity contribution in [1.29, 1.82) is 0 Å². The van der Waals surface area contributed by atoms with Crippen LogP contribution in [0, 0.1) is 0 Å². The van der Waals surface area contributed by atoms with Gasteiger partial charge in [0, 0.05) is 19.5 Å². The second kappa shape index (κ2) is 3.76. The van der Waals surface area contributed by atoms with Crippen LogP contribution in [-0.4, -0.2) is 42.5 Å². The molecule has 3 nitrogen and oxygen atoms in total. The number of Topliss-reactive ketones (excluding diaryl/α,β-unsaturated/α-hetero) is 1. The van der Waals surface area contributed by atoms with Gasteiger partial charge in [-0.25, -0.2) is 0 Å². The van der Waals surface area contributed by atoms with E-state index in [1.807, 2.05) is 6.92 Å². The van der Waals surface area contributed by atoms with E-state index in [0.29, 0.717) is 31.0 Å². The first-order chi connectivity index (χ1) is 6.28. The Kier molecular flexibility index (Phi) is 2.65. The minimum Gasteiger partial charge on any atom is -0.372 e. The van der Waals surface area contributed by atoms with Gasteiger partial charge in [-0.05, 0) is 12.8 Å². The van der Waals surface area contributed by atoms with Crippen LogP contribution >= 0.6 is 0 Å². The molecule has 0 saturated carbocycles. The van der Waals surface area contributed by atoms with Gasteiger partial charge in [-0.2, -0.15) is 0 Å². The Balaban J connectivity index is 1.85. The molecule has 2 fully saturated rings. The maximum atomic E-state index is 11.2. The monoisotopic (exact) mass is 183 g/mol. The number of carbonyl (C=O) groups is 1. The third-order valence-corrected chi connectivity index (χ3v) is 2.91. The lowest BCUT2D eigenvalue weighted by Crippen LogP contribution is -2.44. The molecule has 3 heteroatoms. The van der Waals surface area contributed by atoms with E-state index in [-0.39, 0.29) is 0 Å². The molecule has 2 atom stereocenters. The topological polar surface area (TPSA) is 29.5 Å². The minimum atomic E-state index is 0.348. The highest BCUT2D eigenvalue weighted by Crippen LogP contribution is 2.25. The predicted octanol–water partition coefficient (Wildman–Crippen LogP) is 0.829. The van der Waals surface area contributed by atoms with E-state index in [2.05, 4.69) is 4.90 Å². The van der Waals surface area contributed by atoms with Crippen molar-refractivity contribution in [2.24, 2.45) is 0 Å². The molecule has 0 aromatic heterocycles. The van der Waals surface area contributed by atoms with Crippen molar-refractivity contribution in [3.8, 4) is 0 Å². The fraction of sp³-hybridized carbons (Fsp3) is 0.900. The zero-order chi connectivity index (χ0) is 9.26. The van der Waals surface area contributed by atoms with Crippen LogP contribution in [0.15, 0.2) is 0 Å². The third kappa shape index (κ3) is 2.09. The van der Waals surface area contributed by atoms with Crippen molar-refractivity contribution in [3.05, 3.63) is 0 Å². The summed E-state index contributed by atoms with van der Waals surface area (Å²) in [6.45, 7) is 4.48. The van der Waals surface area contributed by atoms with E-state index < -0.39 is 0 Å². The Morgan fingerprint density at radius 3 is 2.54 bits per heavy atom. The Hall–Kier alpha value is -0.410. The van der Waals surface area contributed by atoms with Crippen molar-refractivity contribution >= 4 is 5.78 Å². The molecule has 0 aliphatic carbocycles. The number of ether oxygens (including phenoxy) is 1. The molecule has 2 heterocycles. The number of carbonyl (C=O) groups excluding carboxylic acids is 1. The molecular formula is C10H17NO2. The summed E-state index contributed by atoms with van der Waals surface area (Å²) in [5, 5.41) is 0. The molecule has 2 rings (SSSR count). The van der Waals surface area contributed by atoms with Crippen LogP contribution in [0.2, 0.25) is 0 Å². The van der Waals surface area contributed by atoms with Gasteiger partial charge in [-0.3, -0.25) is 9.69 Å². The van der Waals surface area contributed by atoms with Crippen LogP contribution in [0.4, 0.5) is 0 Å². The number of hydrogen-bond acceptors (Lipinski definition) is 3. The average Bonchev–Trinajstić information content (AvgIpc) is 2.46. The Morgan fingerprint density at radius 1 is 1.38 bits per heavy atom. The summed E-state index contributed by atoms with van der Waals surface area (Å²) in [4.78, 5) is 13.5. The fourth-order valence-corrected chi connectivity index (χ4v) is 2.19. The molecule has 2 unspecified atom stereocenters. The zero-order valence-corrected chi connectivity index (χ0v) is 8.16. The normalized spacial score (nSPS) is 33.6. The summed E-state index contributed by atoms with van der Waals surface area (Å²) in [6.07, 6.45) is 3.84.